The molecule has 0 saturated heterocycles. The molecule has 1 aromatic heterocycles. The summed E-state index contributed by atoms with van der Waals surface area (Å²) in [5.41, 5.74) is 0.127. The number of halogens is 1. The number of nitrogens with one attached hydrogen (secondary N) is 1. The van der Waals surface area contributed by atoms with Gasteiger partial charge in [-0.2, -0.15) is 4.98 Å². The van der Waals surface area contributed by atoms with Crippen molar-refractivity contribution in [3.8, 4) is 0 Å². The SMILES string of the molecule is CC(C)c1noc(CCCC(=O)NCC(C)(C)c2ccccc2F)n1. The highest BCUT2D eigenvalue weighted by Gasteiger charge is 2.24. The van der Waals surface area contributed by atoms with E-state index in [2.05, 4.69) is 15.5 Å². The molecule has 1 aromatic carbocycles. The van der Waals surface area contributed by atoms with Crippen LogP contribution in [-0.4, -0.2) is 22.6 Å². The number of aromatic nitrogens is 2. The second-order valence-corrected chi connectivity index (χ2v) is 7.20. The molecular formula is C19H26FN3O2. The van der Waals surface area contributed by atoms with Gasteiger partial charge in [0.15, 0.2) is 5.82 Å². The molecule has 5 nitrogen and oxygen atoms in total. The van der Waals surface area contributed by atoms with E-state index in [1.807, 2.05) is 27.7 Å². The highest BCUT2D eigenvalue weighted by molar-refractivity contribution is 5.76. The normalized spacial score (nSPS) is 11.8. The first-order chi connectivity index (χ1) is 11.8. The molecule has 0 bridgehead atoms. The van der Waals surface area contributed by atoms with Crippen molar-refractivity contribution < 1.29 is 13.7 Å². The third-order valence-corrected chi connectivity index (χ3v) is 4.13. The molecular weight excluding hydrogens is 321 g/mol. The topological polar surface area (TPSA) is 68.0 Å². The molecule has 1 heterocycles. The number of rotatable bonds is 8. The number of aryl methyl sites for hydroxylation is 1. The van der Waals surface area contributed by atoms with Gasteiger partial charge in [0.2, 0.25) is 11.8 Å². The molecule has 2 rings (SSSR count). The number of hydrogen-bond donors (Lipinski definition) is 1. The summed E-state index contributed by atoms with van der Waals surface area (Å²) in [4.78, 5) is 16.3. The van der Waals surface area contributed by atoms with Crippen molar-refractivity contribution >= 4 is 5.91 Å². The lowest BCUT2D eigenvalue weighted by Crippen LogP contribution is -2.37. The Morgan fingerprint density at radius 3 is 2.68 bits per heavy atom. The van der Waals surface area contributed by atoms with Gasteiger partial charge in [0.25, 0.3) is 0 Å². The fourth-order valence-corrected chi connectivity index (χ4v) is 2.52. The van der Waals surface area contributed by atoms with E-state index in [4.69, 9.17) is 4.52 Å². The average molecular weight is 347 g/mol. The molecule has 25 heavy (non-hydrogen) atoms. The summed E-state index contributed by atoms with van der Waals surface area (Å²) >= 11 is 0. The van der Waals surface area contributed by atoms with Crippen LogP contribution >= 0.6 is 0 Å². The highest BCUT2D eigenvalue weighted by atomic mass is 19.1. The molecule has 0 aliphatic carbocycles. The van der Waals surface area contributed by atoms with Gasteiger partial charge < -0.3 is 9.84 Å². The monoisotopic (exact) mass is 347 g/mol. The van der Waals surface area contributed by atoms with Crippen LogP contribution in [0.5, 0.6) is 0 Å². The summed E-state index contributed by atoms with van der Waals surface area (Å²) in [7, 11) is 0. The number of amides is 1. The van der Waals surface area contributed by atoms with E-state index in [1.54, 1.807) is 18.2 Å². The van der Waals surface area contributed by atoms with Gasteiger partial charge in [-0.1, -0.05) is 51.1 Å². The molecule has 0 atom stereocenters. The van der Waals surface area contributed by atoms with Crippen molar-refractivity contribution in [3.05, 3.63) is 47.4 Å². The van der Waals surface area contributed by atoms with E-state index in [0.717, 1.165) is 0 Å². The molecule has 1 N–H and O–H groups in total. The smallest absolute Gasteiger partial charge is 0.226 e. The molecule has 0 fully saturated rings. The molecule has 6 heteroatoms. The first-order valence-corrected chi connectivity index (χ1v) is 8.64. The first kappa shape index (κ1) is 19.1. The van der Waals surface area contributed by atoms with Crippen LogP contribution in [0.25, 0.3) is 0 Å². The average Bonchev–Trinajstić information content (AvgIpc) is 3.02. The van der Waals surface area contributed by atoms with Gasteiger partial charge in [0.1, 0.15) is 5.82 Å². The number of carbonyl (C=O) groups is 1. The van der Waals surface area contributed by atoms with Gasteiger partial charge in [-0.25, -0.2) is 4.39 Å². The van der Waals surface area contributed by atoms with Gasteiger partial charge >= 0.3 is 0 Å². The Labute approximate surface area is 148 Å². The van der Waals surface area contributed by atoms with Crippen molar-refractivity contribution in [3.63, 3.8) is 0 Å². The Balaban J connectivity index is 1.77. The zero-order chi connectivity index (χ0) is 18.4. The van der Waals surface area contributed by atoms with E-state index >= 15 is 0 Å². The summed E-state index contributed by atoms with van der Waals surface area (Å²) in [5, 5.41) is 6.79. The van der Waals surface area contributed by atoms with E-state index in [-0.39, 0.29) is 17.6 Å². The maximum Gasteiger partial charge on any atom is 0.226 e. The van der Waals surface area contributed by atoms with Crippen LogP contribution in [0.2, 0.25) is 0 Å². The predicted molar refractivity (Wildman–Crippen MR) is 93.8 cm³/mol. The van der Waals surface area contributed by atoms with Gasteiger partial charge in [0.05, 0.1) is 0 Å². The highest BCUT2D eigenvalue weighted by Crippen LogP contribution is 2.24. The van der Waals surface area contributed by atoms with Crippen LogP contribution in [0.15, 0.2) is 28.8 Å². The largest absolute Gasteiger partial charge is 0.355 e. The minimum Gasteiger partial charge on any atom is -0.355 e. The van der Waals surface area contributed by atoms with E-state index in [9.17, 15) is 9.18 Å². The van der Waals surface area contributed by atoms with Crippen LogP contribution in [0, 0.1) is 5.82 Å². The van der Waals surface area contributed by atoms with Gasteiger partial charge in [-0.05, 0) is 18.1 Å². The van der Waals surface area contributed by atoms with Crippen molar-refractivity contribution in [1.29, 1.82) is 0 Å². The second kappa shape index (κ2) is 8.23. The van der Waals surface area contributed by atoms with E-state index in [0.29, 0.717) is 43.1 Å². The maximum atomic E-state index is 13.9. The Bertz CT molecular complexity index is 710. The van der Waals surface area contributed by atoms with Gasteiger partial charge in [-0.15, -0.1) is 0 Å². The van der Waals surface area contributed by atoms with Crippen LogP contribution in [-0.2, 0) is 16.6 Å². The lowest BCUT2D eigenvalue weighted by atomic mass is 9.84. The Morgan fingerprint density at radius 1 is 1.32 bits per heavy atom. The summed E-state index contributed by atoms with van der Waals surface area (Å²) in [5.74, 6) is 1.16. The van der Waals surface area contributed by atoms with Crippen LogP contribution in [0.3, 0.4) is 0 Å². The third-order valence-electron chi connectivity index (χ3n) is 4.13. The molecule has 0 spiro atoms. The molecule has 0 radical (unpaired) electrons. The summed E-state index contributed by atoms with van der Waals surface area (Å²) < 4.78 is 19.1. The first-order valence-electron chi connectivity index (χ1n) is 8.64. The Kier molecular flexibility index (Phi) is 6.28. The molecule has 0 aliphatic heterocycles. The fourth-order valence-electron chi connectivity index (χ4n) is 2.52. The minimum absolute atomic E-state index is 0.0620. The lowest BCUT2D eigenvalue weighted by molar-refractivity contribution is -0.121. The number of benzene rings is 1. The molecule has 136 valence electrons. The summed E-state index contributed by atoms with van der Waals surface area (Å²) in [6.45, 7) is 8.21. The van der Waals surface area contributed by atoms with Crippen molar-refractivity contribution in [1.82, 2.24) is 15.5 Å². The van der Waals surface area contributed by atoms with Crippen molar-refractivity contribution in [2.24, 2.45) is 0 Å². The van der Waals surface area contributed by atoms with Crippen molar-refractivity contribution in [2.75, 3.05) is 6.54 Å². The van der Waals surface area contributed by atoms with Gasteiger partial charge in [0, 0.05) is 30.7 Å². The van der Waals surface area contributed by atoms with E-state index in [1.165, 1.54) is 6.07 Å². The fraction of sp³-hybridized carbons (Fsp3) is 0.526. The summed E-state index contributed by atoms with van der Waals surface area (Å²) in [6.07, 6.45) is 1.57. The quantitative estimate of drug-likeness (QED) is 0.790. The lowest BCUT2D eigenvalue weighted by Gasteiger charge is -2.26. The molecule has 2 aromatic rings. The third kappa shape index (κ3) is 5.37. The Morgan fingerprint density at radius 2 is 2.04 bits per heavy atom. The molecule has 0 unspecified atom stereocenters. The maximum absolute atomic E-state index is 13.9. The standard InChI is InChI=1S/C19H26FN3O2/c1-13(2)18-22-17(25-23-18)11-7-10-16(24)21-12-19(3,4)14-8-5-6-9-15(14)20/h5-6,8-9,13H,7,10-12H2,1-4H3,(H,21,24). The van der Waals surface area contributed by atoms with Crippen LogP contribution in [0.1, 0.15) is 63.7 Å². The predicted octanol–water partition coefficient (Wildman–Crippen LogP) is 3.75. The zero-order valence-corrected chi connectivity index (χ0v) is 15.3. The zero-order valence-electron chi connectivity index (χ0n) is 15.3. The minimum atomic E-state index is -0.473. The number of carbonyl (C=O) groups excluding carboxylic acids is 1. The second-order valence-electron chi connectivity index (χ2n) is 7.20. The van der Waals surface area contributed by atoms with Crippen LogP contribution < -0.4 is 5.32 Å². The van der Waals surface area contributed by atoms with Gasteiger partial charge in [-0.3, -0.25) is 4.79 Å². The molecule has 0 saturated carbocycles. The van der Waals surface area contributed by atoms with Crippen LogP contribution in [0.4, 0.5) is 4.39 Å². The van der Waals surface area contributed by atoms with Crippen molar-refractivity contribution in [2.45, 2.75) is 58.3 Å². The van der Waals surface area contributed by atoms with E-state index < -0.39 is 5.41 Å². The molecule has 0 aliphatic rings. The summed E-state index contributed by atoms with van der Waals surface area (Å²) in [6, 6.07) is 6.66. The molecule has 1 amide bonds. The Hall–Kier alpha value is -2.24. The number of hydrogen-bond acceptors (Lipinski definition) is 4. The number of nitrogens with zero attached hydrogens (tertiary/aromatic N) is 2.